The molecule has 1 N–H and O–H groups in total. The Morgan fingerprint density at radius 3 is 2.50 bits per heavy atom. The number of carbonyl (C=O) groups excluding carboxylic acids is 2. The highest BCUT2D eigenvalue weighted by Gasteiger charge is 2.44. The lowest BCUT2D eigenvalue weighted by molar-refractivity contribution is -0.136. The van der Waals surface area contributed by atoms with Gasteiger partial charge in [-0.1, -0.05) is 32.0 Å². The molecule has 1 aromatic carbocycles. The van der Waals surface area contributed by atoms with Gasteiger partial charge in [0, 0.05) is 50.7 Å². The highest BCUT2D eigenvalue weighted by atomic mass is 16.5. The summed E-state index contributed by atoms with van der Waals surface area (Å²) in [7, 11) is 0. The topological polar surface area (TPSA) is 58.6 Å². The van der Waals surface area contributed by atoms with Crippen LogP contribution in [0, 0.1) is 5.92 Å². The molecule has 1 fully saturated rings. The second-order valence-electron chi connectivity index (χ2n) is 9.13. The Hall–Kier alpha value is -2.04. The van der Waals surface area contributed by atoms with Crippen LogP contribution in [0.1, 0.15) is 71.3 Å². The molecular weight excluding hydrogens is 352 g/mol. The minimum Gasteiger partial charge on any atom is -0.487 e. The van der Waals surface area contributed by atoms with E-state index in [1.54, 1.807) is 0 Å². The van der Waals surface area contributed by atoms with Crippen molar-refractivity contribution in [1.82, 2.24) is 10.2 Å². The van der Waals surface area contributed by atoms with Crippen LogP contribution in [-0.2, 0) is 9.59 Å². The fourth-order valence-electron chi connectivity index (χ4n) is 4.48. The highest BCUT2D eigenvalue weighted by Crippen LogP contribution is 2.46. The molecule has 0 aromatic heterocycles. The predicted molar refractivity (Wildman–Crippen MR) is 110 cm³/mol. The zero-order valence-corrected chi connectivity index (χ0v) is 17.7. The fraction of sp³-hybridized carbons (Fsp3) is 0.652. The van der Waals surface area contributed by atoms with Crippen molar-refractivity contribution < 1.29 is 14.3 Å². The maximum atomic E-state index is 12.4. The number of amides is 2. The van der Waals surface area contributed by atoms with Crippen molar-refractivity contribution in [2.45, 2.75) is 77.4 Å². The van der Waals surface area contributed by atoms with Crippen LogP contribution < -0.4 is 10.1 Å². The number of carbonyl (C=O) groups is 2. The number of hydrogen-bond donors (Lipinski definition) is 1. The van der Waals surface area contributed by atoms with Gasteiger partial charge in [-0.25, -0.2) is 0 Å². The average Bonchev–Trinajstić information content (AvgIpc) is 2.61. The third-order valence-corrected chi connectivity index (χ3v) is 5.80. The molecular formula is C23H34N2O3. The molecule has 2 amide bonds. The molecule has 1 spiro atoms. The van der Waals surface area contributed by atoms with Crippen LogP contribution in [0.25, 0.3) is 0 Å². The molecule has 2 aliphatic rings. The Balaban J connectivity index is 1.72. The smallest absolute Gasteiger partial charge is 0.222 e. The first-order valence-electron chi connectivity index (χ1n) is 10.6. The van der Waals surface area contributed by atoms with Gasteiger partial charge >= 0.3 is 0 Å². The summed E-state index contributed by atoms with van der Waals surface area (Å²) in [4.78, 5) is 26.8. The molecule has 0 radical (unpaired) electrons. The maximum Gasteiger partial charge on any atom is 0.222 e. The average molecular weight is 387 g/mol. The fourth-order valence-corrected chi connectivity index (χ4v) is 4.48. The van der Waals surface area contributed by atoms with Gasteiger partial charge in [-0.3, -0.25) is 9.59 Å². The van der Waals surface area contributed by atoms with Crippen molar-refractivity contribution in [1.29, 1.82) is 0 Å². The summed E-state index contributed by atoms with van der Waals surface area (Å²) < 4.78 is 6.49. The van der Waals surface area contributed by atoms with E-state index in [4.69, 9.17) is 4.74 Å². The number of nitrogens with zero attached hydrogens (tertiary/aromatic N) is 1. The monoisotopic (exact) mass is 386 g/mol. The van der Waals surface area contributed by atoms with Crippen LogP contribution in [0.5, 0.6) is 5.75 Å². The quantitative estimate of drug-likeness (QED) is 0.836. The second-order valence-corrected chi connectivity index (χ2v) is 9.13. The molecule has 154 valence electrons. The molecule has 1 saturated heterocycles. The third-order valence-electron chi connectivity index (χ3n) is 5.80. The van der Waals surface area contributed by atoms with E-state index in [9.17, 15) is 9.59 Å². The van der Waals surface area contributed by atoms with Crippen molar-refractivity contribution >= 4 is 11.8 Å². The van der Waals surface area contributed by atoms with Gasteiger partial charge < -0.3 is 15.0 Å². The number of fused-ring (bicyclic) bond motifs is 1. The summed E-state index contributed by atoms with van der Waals surface area (Å²) in [6, 6.07) is 8.24. The molecule has 28 heavy (non-hydrogen) atoms. The van der Waals surface area contributed by atoms with Crippen molar-refractivity contribution in [2.75, 3.05) is 13.1 Å². The lowest BCUT2D eigenvalue weighted by Gasteiger charge is -2.47. The van der Waals surface area contributed by atoms with Crippen molar-refractivity contribution in [3.05, 3.63) is 29.8 Å². The Morgan fingerprint density at radius 2 is 1.86 bits per heavy atom. The summed E-state index contributed by atoms with van der Waals surface area (Å²) in [5.74, 6) is 1.77. The number of para-hydroxylation sites is 1. The minimum absolute atomic E-state index is 0.0939. The van der Waals surface area contributed by atoms with E-state index in [0.717, 1.165) is 43.7 Å². The summed E-state index contributed by atoms with van der Waals surface area (Å²) in [6.07, 6.45) is 3.58. The van der Waals surface area contributed by atoms with Gasteiger partial charge in [-0.05, 0) is 37.8 Å². The Labute approximate surface area is 168 Å². The molecule has 2 aliphatic heterocycles. The second kappa shape index (κ2) is 8.54. The van der Waals surface area contributed by atoms with Gasteiger partial charge in [0.25, 0.3) is 0 Å². The van der Waals surface area contributed by atoms with Crippen molar-refractivity contribution in [2.24, 2.45) is 5.92 Å². The highest BCUT2D eigenvalue weighted by molar-refractivity contribution is 5.77. The SMILES string of the molecule is CC(C)CC(=O)N1CCC2(CC1)CC(CC(=O)NC(C)C)c1ccccc1O2. The van der Waals surface area contributed by atoms with Crippen LogP contribution in [0.4, 0.5) is 0 Å². The number of ether oxygens (including phenoxy) is 1. The number of hydrogen-bond acceptors (Lipinski definition) is 3. The van der Waals surface area contributed by atoms with E-state index >= 15 is 0 Å². The van der Waals surface area contributed by atoms with Crippen LogP contribution in [0.3, 0.4) is 0 Å². The first-order valence-corrected chi connectivity index (χ1v) is 10.6. The van der Waals surface area contributed by atoms with Gasteiger partial charge in [0.1, 0.15) is 11.4 Å². The zero-order valence-electron chi connectivity index (χ0n) is 17.7. The van der Waals surface area contributed by atoms with E-state index in [-0.39, 0.29) is 29.4 Å². The molecule has 0 aliphatic carbocycles. The summed E-state index contributed by atoms with van der Waals surface area (Å²) >= 11 is 0. The predicted octanol–water partition coefficient (Wildman–Crippen LogP) is 3.87. The third kappa shape index (κ3) is 4.86. The van der Waals surface area contributed by atoms with E-state index in [0.29, 0.717) is 18.8 Å². The molecule has 0 bridgehead atoms. The van der Waals surface area contributed by atoms with Crippen LogP contribution >= 0.6 is 0 Å². The Kier molecular flexibility index (Phi) is 6.31. The Bertz CT molecular complexity index is 706. The van der Waals surface area contributed by atoms with Crippen LogP contribution in [0.2, 0.25) is 0 Å². The Morgan fingerprint density at radius 1 is 1.18 bits per heavy atom. The number of likely N-dealkylation sites (tertiary alicyclic amines) is 1. The van der Waals surface area contributed by atoms with Crippen LogP contribution in [-0.4, -0.2) is 41.4 Å². The normalized spacial score (nSPS) is 20.8. The van der Waals surface area contributed by atoms with E-state index in [2.05, 4.69) is 25.2 Å². The molecule has 2 heterocycles. The molecule has 5 heteroatoms. The molecule has 1 atom stereocenters. The van der Waals surface area contributed by atoms with Gasteiger partial charge in [-0.2, -0.15) is 0 Å². The minimum atomic E-state index is -0.272. The van der Waals surface area contributed by atoms with Gasteiger partial charge in [-0.15, -0.1) is 0 Å². The van der Waals surface area contributed by atoms with Gasteiger partial charge in [0.05, 0.1) is 0 Å². The standard InChI is InChI=1S/C23H34N2O3/c1-16(2)13-22(27)25-11-9-23(10-12-25)15-18(14-21(26)24-17(3)4)19-7-5-6-8-20(19)28-23/h5-8,16-18H,9-15H2,1-4H3,(H,24,26). The molecule has 5 nitrogen and oxygen atoms in total. The molecule has 1 aromatic rings. The number of piperidine rings is 1. The number of rotatable bonds is 5. The molecule has 3 rings (SSSR count). The number of benzene rings is 1. The zero-order chi connectivity index (χ0) is 20.3. The first kappa shape index (κ1) is 20.7. The van der Waals surface area contributed by atoms with Gasteiger partial charge in [0.2, 0.25) is 11.8 Å². The van der Waals surface area contributed by atoms with E-state index in [1.807, 2.05) is 36.9 Å². The summed E-state index contributed by atoms with van der Waals surface area (Å²) in [6.45, 7) is 9.61. The molecule has 1 unspecified atom stereocenters. The van der Waals surface area contributed by atoms with Gasteiger partial charge in [0.15, 0.2) is 0 Å². The largest absolute Gasteiger partial charge is 0.487 e. The lowest BCUT2D eigenvalue weighted by atomic mass is 9.76. The first-order chi connectivity index (χ1) is 13.3. The summed E-state index contributed by atoms with van der Waals surface area (Å²) in [5.41, 5.74) is 0.858. The van der Waals surface area contributed by atoms with Crippen molar-refractivity contribution in [3.63, 3.8) is 0 Å². The van der Waals surface area contributed by atoms with Crippen molar-refractivity contribution in [3.8, 4) is 5.75 Å². The van der Waals surface area contributed by atoms with Crippen LogP contribution in [0.15, 0.2) is 24.3 Å². The maximum absolute atomic E-state index is 12.4. The van der Waals surface area contributed by atoms with E-state index in [1.165, 1.54) is 0 Å². The molecule has 0 saturated carbocycles. The summed E-state index contributed by atoms with van der Waals surface area (Å²) in [5, 5.41) is 3.02. The lowest BCUT2D eigenvalue weighted by Crippen LogP contribution is -2.52. The van der Waals surface area contributed by atoms with E-state index < -0.39 is 0 Å². The number of nitrogens with one attached hydrogen (secondary N) is 1.